The van der Waals surface area contributed by atoms with E-state index in [1.54, 1.807) is 0 Å². The first-order valence-electron chi connectivity index (χ1n) is 8.54. The van der Waals surface area contributed by atoms with Crippen LogP contribution in [0.25, 0.3) is 0 Å². The number of nitrogens with one attached hydrogen (secondary N) is 1. The van der Waals surface area contributed by atoms with Crippen LogP contribution < -0.4 is 5.32 Å². The van der Waals surface area contributed by atoms with E-state index in [2.05, 4.69) is 56.4 Å². The summed E-state index contributed by atoms with van der Waals surface area (Å²) in [5.41, 5.74) is 1.52. The molecule has 1 aromatic rings. The van der Waals surface area contributed by atoms with Crippen LogP contribution in [0.1, 0.15) is 64.4 Å². The number of rotatable bonds is 8. The van der Waals surface area contributed by atoms with Crippen molar-refractivity contribution in [3.63, 3.8) is 0 Å². The van der Waals surface area contributed by atoms with Crippen LogP contribution in [0.2, 0.25) is 0 Å². The molecule has 2 rings (SSSR count). The summed E-state index contributed by atoms with van der Waals surface area (Å²) < 4.78 is 0. The monoisotopic (exact) mass is 273 g/mol. The van der Waals surface area contributed by atoms with Crippen LogP contribution in [0.4, 0.5) is 0 Å². The van der Waals surface area contributed by atoms with Crippen molar-refractivity contribution in [1.29, 1.82) is 0 Å². The molecule has 1 fully saturated rings. The average molecular weight is 273 g/mol. The van der Waals surface area contributed by atoms with Gasteiger partial charge in [0.05, 0.1) is 0 Å². The quantitative estimate of drug-likeness (QED) is 0.704. The van der Waals surface area contributed by atoms with Crippen LogP contribution in [0.15, 0.2) is 30.3 Å². The number of likely N-dealkylation sites (N-methyl/N-ethyl adjacent to an activating group) is 1. The summed E-state index contributed by atoms with van der Waals surface area (Å²) in [6.07, 6.45) is 6.96. The van der Waals surface area contributed by atoms with Gasteiger partial charge >= 0.3 is 0 Å². The van der Waals surface area contributed by atoms with Gasteiger partial charge in [-0.2, -0.15) is 0 Å². The molecule has 0 bridgehead atoms. The SMILES string of the molecule is CCNC(CC1CCC1)C(c1ccccc1)C(C)CC. The first-order chi connectivity index (χ1) is 9.76. The zero-order valence-electron chi connectivity index (χ0n) is 13.4. The Morgan fingerprint density at radius 3 is 2.35 bits per heavy atom. The second kappa shape index (κ2) is 7.83. The molecule has 1 aliphatic rings. The number of hydrogen-bond acceptors (Lipinski definition) is 1. The second-order valence-corrected chi connectivity index (χ2v) is 6.52. The van der Waals surface area contributed by atoms with Gasteiger partial charge in [0.2, 0.25) is 0 Å². The van der Waals surface area contributed by atoms with E-state index in [0.717, 1.165) is 18.4 Å². The molecule has 20 heavy (non-hydrogen) atoms. The molecule has 0 radical (unpaired) electrons. The lowest BCUT2D eigenvalue weighted by Crippen LogP contribution is -2.40. The van der Waals surface area contributed by atoms with Crippen LogP contribution in [0.5, 0.6) is 0 Å². The van der Waals surface area contributed by atoms with Gasteiger partial charge < -0.3 is 5.32 Å². The van der Waals surface area contributed by atoms with Gasteiger partial charge in [-0.25, -0.2) is 0 Å². The normalized spacial score (nSPS) is 20.1. The molecule has 1 N–H and O–H groups in total. The zero-order valence-corrected chi connectivity index (χ0v) is 13.4. The summed E-state index contributed by atoms with van der Waals surface area (Å²) in [5, 5.41) is 3.80. The van der Waals surface area contributed by atoms with Crippen molar-refractivity contribution in [2.45, 2.75) is 64.8 Å². The lowest BCUT2D eigenvalue weighted by atomic mass is 9.73. The van der Waals surface area contributed by atoms with E-state index in [4.69, 9.17) is 0 Å². The molecule has 1 nitrogen and oxygen atoms in total. The van der Waals surface area contributed by atoms with Crippen LogP contribution >= 0.6 is 0 Å². The lowest BCUT2D eigenvalue weighted by Gasteiger charge is -2.37. The minimum absolute atomic E-state index is 0.641. The summed E-state index contributed by atoms with van der Waals surface area (Å²) >= 11 is 0. The Balaban J connectivity index is 2.16. The number of hydrogen-bond donors (Lipinski definition) is 1. The fourth-order valence-corrected chi connectivity index (χ4v) is 3.59. The average Bonchev–Trinajstić information content (AvgIpc) is 2.44. The third kappa shape index (κ3) is 3.85. The summed E-state index contributed by atoms with van der Waals surface area (Å²) in [5.74, 6) is 2.36. The van der Waals surface area contributed by atoms with Gasteiger partial charge in [-0.15, -0.1) is 0 Å². The molecule has 3 atom stereocenters. The van der Waals surface area contributed by atoms with Gasteiger partial charge in [0.25, 0.3) is 0 Å². The van der Waals surface area contributed by atoms with E-state index in [1.165, 1.54) is 37.7 Å². The predicted molar refractivity (Wildman–Crippen MR) is 88.1 cm³/mol. The Kier molecular flexibility index (Phi) is 6.09. The molecule has 3 unspecified atom stereocenters. The minimum atomic E-state index is 0.641. The van der Waals surface area contributed by atoms with E-state index in [0.29, 0.717) is 12.0 Å². The molecule has 0 spiro atoms. The van der Waals surface area contributed by atoms with Crippen molar-refractivity contribution < 1.29 is 0 Å². The fourth-order valence-electron chi connectivity index (χ4n) is 3.59. The van der Waals surface area contributed by atoms with Crippen molar-refractivity contribution in [1.82, 2.24) is 5.32 Å². The topological polar surface area (TPSA) is 12.0 Å². The third-order valence-electron chi connectivity index (χ3n) is 5.15. The van der Waals surface area contributed by atoms with Gasteiger partial charge in [-0.3, -0.25) is 0 Å². The largest absolute Gasteiger partial charge is 0.314 e. The van der Waals surface area contributed by atoms with Gasteiger partial charge in [0.1, 0.15) is 0 Å². The van der Waals surface area contributed by atoms with Gasteiger partial charge in [-0.1, -0.05) is 76.8 Å². The van der Waals surface area contributed by atoms with E-state index in [-0.39, 0.29) is 0 Å². The van der Waals surface area contributed by atoms with Crippen molar-refractivity contribution in [3.05, 3.63) is 35.9 Å². The lowest BCUT2D eigenvalue weighted by molar-refractivity contribution is 0.224. The maximum Gasteiger partial charge on any atom is 0.0141 e. The maximum absolute atomic E-state index is 3.80. The molecule has 1 saturated carbocycles. The highest BCUT2D eigenvalue weighted by Crippen LogP contribution is 2.37. The van der Waals surface area contributed by atoms with Gasteiger partial charge in [0.15, 0.2) is 0 Å². The Bertz CT molecular complexity index is 369. The van der Waals surface area contributed by atoms with Crippen molar-refractivity contribution in [2.24, 2.45) is 11.8 Å². The van der Waals surface area contributed by atoms with E-state index >= 15 is 0 Å². The van der Waals surface area contributed by atoms with Gasteiger partial charge in [-0.05, 0) is 30.4 Å². The molecule has 0 heterocycles. The molecule has 0 aromatic heterocycles. The van der Waals surface area contributed by atoms with Crippen LogP contribution in [-0.4, -0.2) is 12.6 Å². The van der Waals surface area contributed by atoms with E-state index < -0.39 is 0 Å². The molecule has 0 amide bonds. The minimum Gasteiger partial charge on any atom is -0.314 e. The van der Waals surface area contributed by atoms with Gasteiger partial charge in [0, 0.05) is 12.0 Å². The predicted octanol–water partition coefficient (Wildman–Crippen LogP) is 4.98. The smallest absolute Gasteiger partial charge is 0.0141 e. The third-order valence-corrected chi connectivity index (χ3v) is 5.15. The summed E-state index contributed by atoms with van der Waals surface area (Å²) in [6, 6.07) is 11.8. The first-order valence-corrected chi connectivity index (χ1v) is 8.54. The Morgan fingerprint density at radius 2 is 1.85 bits per heavy atom. The highest BCUT2D eigenvalue weighted by atomic mass is 14.9. The summed E-state index contributed by atoms with van der Waals surface area (Å²) in [4.78, 5) is 0. The molecule has 0 aliphatic heterocycles. The molecular weight excluding hydrogens is 242 g/mol. The Labute approximate surface area is 125 Å². The summed E-state index contributed by atoms with van der Waals surface area (Å²) in [7, 11) is 0. The molecule has 1 aromatic carbocycles. The Morgan fingerprint density at radius 1 is 1.15 bits per heavy atom. The van der Waals surface area contributed by atoms with Crippen molar-refractivity contribution >= 4 is 0 Å². The molecule has 112 valence electrons. The first kappa shape index (κ1) is 15.6. The van der Waals surface area contributed by atoms with Crippen LogP contribution in [0, 0.1) is 11.8 Å². The molecule has 1 aliphatic carbocycles. The molecule has 1 heteroatoms. The standard InChI is InChI=1S/C19H31N/c1-4-15(3)19(17-12-7-6-8-13-17)18(20-5-2)14-16-10-9-11-16/h6-8,12-13,15-16,18-20H,4-5,9-11,14H2,1-3H3. The Hall–Kier alpha value is -0.820. The van der Waals surface area contributed by atoms with Crippen LogP contribution in [-0.2, 0) is 0 Å². The van der Waals surface area contributed by atoms with Crippen LogP contribution in [0.3, 0.4) is 0 Å². The maximum atomic E-state index is 3.80. The molecule has 0 saturated heterocycles. The van der Waals surface area contributed by atoms with Crippen molar-refractivity contribution in [2.75, 3.05) is 6.54 Å². The zero-order chi connectivity index (χ0) is 14.4. The fraction of sp³-hybridized carbons (Fsp3) is 0.684. The molecular formula is C19H31N. The summed E-state index contributed by atoms with van der Waals surface area (Å²) in [6.45, 7) is 8.07. The highest BCUT2D eigenvalue weighted by molar-refractivity contribution is 5.22. The van der Waals surface area contributed by atoms with Crippen molar-refractivity contribution in [3.8, 4) is 0 Å². The van der Waals surface area contributed by atoms with E-state index in [9.17, 15) is 0 Å². The highest BCUT2D eigenvalue weighted by Gasteiger charge is 2.30. The van der Waals surface area contributed by atoms with E-state index in [1.807, 2.05) is 0 Å². The number of benzene rings is 1. The second-order valence-electron chi connectivity index (χ2n) is 6.52.